The summed E-state index contributed by atoms with van der Waals surface area (Å²) in [7, 11) is 0. The number of nitrogens with one attached hydrogen (secondary N) is 2. The van der Waals surface area contributed by atoms with Gasteiger partial charge in [-0.1, -0.05) is 23.7 Å². The summed E-state index contributed by atoms with van der Waals surface area (Å²) in [4.78, 5) is 0. The second-order valence-corrected chi connectivity index (χ2v) is 2.77. The molecule has 0 unspecified atom stereocenters. The summed E-state index contributed by atoms with van der Waals surface area (Å²) in [6.07, 6.45) is 1.55. The van der Waals surface area contributed by atoms with Crippen LogP contribution in [0.4, 0.5) is 0 Å². The van der Waals surface area contributed by atoms with Crippen LogP contribution in [0.3, 0.4) is 0 Å². The zero-order valence-electron chi connectivity index (χ0n) is 7.20. The fraction of sp³-hybridized carbons (Fsp3) is 0. The Bertz CT molecular complexity index is 321. The van der Waals surface area contributed by atoms with E-state index in [1.807, 2.05) is 12.1 Å². The molecule has 4 N–H and O–H groups in total. The summed E-state index contributed by atoms with van der Waals surface area (Å²) in [5.41, 5.74) is 8.21. The average molecular weight is 233 g/mol. The summed E-state index contributed by atoms with van der Waals surface area (Å²) in [5, 5.41) is 11.2. The topological polar surface area (TPSA) is 74.3 Å². The van der Waals surface area contributed by atoms with Gasteiger partial charge in [0.25, 0.3) is 0 Å². The van der Waals surface area contributed by atoms with Crippen LogP contribution < -0.4 is 11.2 Å². The standard InChI is InChI=1S/C8H9ClN4.ClH/c9-7-3-1-6(2-4-7)5-12-13-8(10)11;/h1-5H,(H4,10,11,13);1H. The van der Waals surface area contributed by atoms with Crippen molar-refractivity contribution >= 4 is 36.2 Å². The second-order valence-electron chi connectivity index (χ2n) is 2.34. The van der Waals surface area contributed by atoms with E-state index >= 15 is 0 Å². The molecular weight excluding hydrogens is 223 g/mol. The molecule has 0 saturated carbocycles. The van der Waals surface area contributed by atoms with Gasteiger partial charge in [0.1, 0.15) is 0 Å². The van der Waals surface area contributed by atoms with Crippen LogP contribution in [0.2, 0.25) is 5.02 Å². The van der Waals surface area contributed by atoms with E-state index in [2.05, 4.69) is 10.5 Å². The first-order valence-corrected chi connectivity index (χ1v) is 3.95. The Morgan fingerprint density at radius 2 is 2.00 bits per heavy atom. The van der Waals surface area contributed by atoms with Crippen molar-refractivity contribution in [1.82, 2.24) is 5.43 Å². The van der Waals surface area contributed by atoms with E-state index in [0.717, 1.165) is 5.56 Å². The van der Waals surface area contributed by atoms with Crippen molar-refractivity contribution in [2.75, 3.05) is 0 Å². The third kappa shape index (κ3) is 4.69. The van der Waals surface area contributed by atoms with Crippen molar-refractivity contribution in [1.29, 1.82) is 5.41 Å². The monoisotopic (exact) mass is 232 g/mol. The van der Waals surface area contributed by atoms with Crippen LogP contribution in [0, 0.1) is 5.41 Å². The van der Waals surface area contributed by atoms with Gasteiger partial charge in [0.05, 0.1) is 6.21 Å². The van der Waals surface area contributed by atoms with Gasteiger partial charge in [-0.2, -0.15) is 5.10 Å². The van der Waals surface area contributed by atoms with E-state index < -0.39 is 0 Å². The van der Waals surface area contributed by atoms with Crippen molar-refractivity contribution in [3.8, 4) is 0 Å². The Balaban J connectivity index is 0.00000169. The lowest BCUT2D eigenvalue weighted by Crippen LogP contribution is -2.25. The Labute approximate surface area is 93.1 Å². The van der Waals surface area contributed by atoms with Gasteiger partial charge in [-0.15, -0.1) is 12.4 Å². The second kappa shape index (κ2) is 6.23. The molecule has 1 aromatic carbocycles. The molecule has 6 heteroatoms. The number of benzene rings is 1. The summed E-state index contributed by atoms with van der Waals surface area (Å²) in [6, 6.07) is 7.15. The summed E-state index contributed by atoms with van der Waals surface area (Å²) < 4.78 is 0. The summed E-state index contributed by atoms with van der Waals surface area (Å²) in [5.74, 6) is -0.190. The van der Waals surface area contributed by atoms with E-state index in [-0.39, 0.29) is 18.4 Å². The Morgan fingerprint density at radius 1 is 1.43 bits per heavy atom. The lowest BCUT2D eigenvalue weighted by atomic mass is 10.2. The van der Waals surface area contributed by atoms with Crippen LogP contribution in [-0.2, 0) is 0 Å². The molecule has 0 fully saturated rings. The molecule has 0 aliphatic rings. The Hall–Kier alpha value is -1.26. The van der Waals surface area contributed by atoms with E-state index in [9.17, 15) is 0 Å². The number of rotatable bonds is 2. The molecule has 0 aromatic heterocycles. The molecule has 1 aromatic rings. The number of nitrogens with zero attached hydrogens (tertiary/aromatic N) is 1. The number of nitrogens with two attached hydrogens (primary N) is 1. The molecule has 0 radical (unpaired) electrons. The molecule has 0 amide bonds. The normalized spacial score (nSPS) is 9.50. The van der Waals surface area contributed by atoms with E-state index in [4.69, 9.17) is 22.7 Å². The molecule has 0 aliphatic heterocycles. The van der Waals surface area contributed by atoms with Crippen LogP contribution in [-0.4, -0.2) is 12.2 Å². The minimum Gasteiger partial charge on any atom is -0.369 e. The first-order valence-electron chi connectivity index (χ1n) is 3.57. The van der Waals surface area contributed by atoms with Gasteiger partial charge in [0.15, 0.2) is 0 Å². The lowest BCUT2D eigenvalue weighted by molar-refractivity contribution is 1.00. The number of guanidine groups is 1. The minimum atomic E-state index is -0.190. The van der Waals surface area contributed by atoms with E-state index in [1.165, 1.54) is 0 Å². The van der Waals surface area contributed by atoms with E-state index in [0.29, 0.717) is 5.02 Å². The van der Waals surface area contributed by atoms with Crippen molar-refractivity contribution in [2.24, 2.45) is 10.8 Å². The molecule has 0 spiro atoms. The van der Waals surface area contributed by atoms with Gasteiger partial charge in [0, 0.05) is 5.02 Å². The van der Waals surface area contributed by atoms with Crippen LogP contribution in [0.25, 0.3) is 0 Å². The maximum Gasteiger partial charge on any atom is 0.206 e. The molecule has 14 heavy (non-hydrogen) atoms. The molecule has 76 valence electrons. The highest BCUT2D eigenvalue weighted by atomic mass is 35.5. The molecule has 0 aliphatic carbocycles. The first-order chi connectivity index (χ1) is 6.18. The molecule has 4 nitrogen and oxygen atoms in total. The smallest absolute Gasteiger partial charge is 0.206 e. The fourth-order valence-electron chi connectivity index (χ4n) is 0.725. The van der Waals surface area contributed by atoms with Crippen LogP contribution in [0.15, 0.2) is 29.4 Å². The van der Waals surface area contributed by atoms with Crippen LogP contribution in [0.1, 0.15) is 5.56 Å². The van der Waals surface area contributed by atoms with Gasteiger partial charge in [-0.25, -0.2) is 5.43 Å². The highest BCUT2D eigenvalue weighted by Crippen LogP contribution is 2.07. The number of halogens is 2. The first kappa shape index (κ1) is 12.7. The summed E-state index contributed by atoms with van der Waals surface area (Å²) in [6.45, 7) is 0. The Kier molecular flexibility index (Phi) is 5.67. The third-order valence-electron chi connectivity index (χ3n) is 1.27. The van der Waals surface area contributed by atoms with Gasteiger partial charge in [0.2, 0.25) is 5.96 Å². The van der Waals surface area contributed by atoms with E-state index in [1.54, 1.807) is 18.3 Å². The third-order valence-corrected chi connectivity index (χ3v) is 1.52. The summed E-state index contributed by atoms with van der Waals surface area (Å²) >= 11 is 5.68. The maximum atomic E-state index is 6.83. The van der Waals surface area contributed by atoms with Gasteiger partial charge in [-0.05, 0) is 17.7 Å². The van der Waals surface area contributed by atoms with Crippen LogP contribution >= 0.6 is 24.0 Å². The molecule has 0 bridgehead atoms. The van der Waals surface area contributed by atoms with Crippen molar-refractivity contribution < 1.29 is 0 Å². The number of hydrogen-bond acceptors (Lipinski definition) is 2. The predicted octanol–water partition coefficient (Wildman–Crippen LogP) is 1.58. The van der Waals surface area contributed by atoms with Crippen LogP contribution in [0.5, 0.6) is 0 Å². The average Bonchev–Trinajstić information content (AvgIpc) is 2.08. The number of hydrogen-bond donors (Lipinski definition) is 3. The minimum absolute atomic E-state index is 0. The van der Waals surface area contributed by atoms with Crippen molar-refractivity contribution in [3.05, 3.63) is 34.9 Å². The molecule has 0 atom stereocenters. The van der Waals surface area contributed by atoms with Gasteiger partial charge >= 0.3 is 0 Å². The highest BCUT2D eigenvalue weighted by molar-refractivity contribution is 6.30. The van der Waals surface area contributed by atoms with Crippen molar-refractivity contribution in [2.45, 2.75) is 0 Å². The quantitative estimate of drug-likeness (QED) is 0.412. The fourth-order valence-corrected chi connectivity index (χ4v) is 0.851. The highest BCUT2D eigenvalue weighted by Gasteiger charge is 1.87. The lowest BCUT2D eigenvalue weighted by Gasteiger charge is -1.94. The maximum absolute atomic E-state index is 6.83. The molecule has 0 saturated heterocycles. The Morgan fingerprint density at radius 3 is 2.50 bits per heavy atom. The zero-order valence-corrected chi connectivity index (χ0v) is 8.77. The predicted molar refractivity (Wildman–Crippen MR) is 61.3 cm³/mol. The SMILES string of the molecule is Cl.N=C(N)NN=Cc1ccc(Cl)cc1. The van der Waals surface area contributed by atoms with Crippen molar-refractivity contribution in [3.63, 3.8) is 0 Å². The molecule has 1 rings (SSSR count). The number of hydrazone groups is 1. The van der Waals surface area contributed by atoms with Gasteiger partial charge < -0.3 is 5.73 Å². The largest absolute Gasteiger partial charge is 0.369 e. The van der Waals surface area contributed by atoms with Gasteiger partial charge in [-0.3, -0.25) is 5.41 Å². The molecule has 0 heterocycles. The molecular formula is C8H10Cl2N4. The zero-order chi connectivity index (χ0) is 9.68.